The average molecular weight is 653 g/mol. The normalized spacial score (nSPS) is 11.4. The molecule has 13 heteroatoms. The van der Waals surface area contributed by atoms with Gasteiger partial charge in [-0.2, -0.15) is 0 Å². The monoisotopic (exact) mass is 652 g/mol. The molecule has 2 aromatic carbocycles. The molecule has 0 unspecified atom stereocenters. The Bertz CT molecular complexity index is 1480. The van der Waals surface area contributed by atoms with E-state index < -0.39 is 11.4 Å². The lowest BCUT2D eigenvalue weighted by molar-refractivity contribution is 0.280. The molecule has 0 amide bonds. The number of benzene rings is 2. The molecular weight excluding hydrogens is 615 g/mol. The highest BCUT2D eigenvalue weighted by Crippen LogP contribution is 2.61. The lowest BCUT2D eigenvalue weighted by Crippen LogP contribution is -2.31. The van der Waals surface area contributed by atoms with Crippen molar-refractivity contribution in [2.45, 2.75) is 26.3 Å². The third-order valence-corrected chi connectivity index (χ3v) is 11.5. The first kappa shape index (κ1) is 34.1. The highest BCUT2D eigenvalue weighted by atomic mass is 35.5. The molecule has 0 aliphatic heterocycles. The van der Waals surface area contributed by atoms with Crippen molar-refractivity contribution >= 4 is 57.4 Å². The van der Waals surface area contributed by atoms with Crippen LogP contribution >= 0.6 is 28.7 Å². The van der Waals surface area contributed by atoms with Gasteiger partial charge in [-0.15, -0.1) is 0 Å². The van der Waals surface area contributed by atoms with E-state index in [2.05, 4.69) is 47.1 Å². The van der Waals surface area contributed by atoms with E-state index in [-0.39, 0.29) is 0 Å². The fourth-order valence-electron chi connectivity index (χ4n) is 3.81. The van der Waals surface area contributed by atoms with Gasteiger partial charge in [-0.3, -0.25) is 4.57 Å². The molecule has 4 aromatic rings. The van der Waals surface area contributed by atoms with Gasteiger partial charge in [0.25, 0.3) is 0 Å². The average Bonchev–Trinajstić information content (AvgIpc) is 3.29. The molecule has 0 atom stereocenters. The zero-order chi connectivity index (χ0) is 30.5. The molecule has 2 aromatic heterocycles. The number of pyridine rings is 1. The van der Waals surface area contributed by atoms with E-state index >= 15 is 0 Å². The second-order valence-electron chi connectivity index (χ2n) is 9.21. The Kier molecular flexibility index (Phi) is 13.9. The molecule has 42 heavy (non-hydrogen) atoms. The maximum absolute atomic E-state index is 11.9. The summed E-state index contributed by atoms with van der Waals surface area (Å²) in [7, 11) is 5.86. The molecule has 2 heterocycles. The van der Waals surface area contributed by atoms with Crippen LogP contribution in [-0.4, -0.2) is 62.0 Å². The third-order valence-electron chi connectivity index (χ3n) is 5.87. The number of ether oxygens (including phenoxy) is 1. The summed E-state index contributed by atoms with van der Waals surface area (Å²) in [4.78, 5) is 20.9. The summed E-state index contributed by atoms with van der Waals surface area (Å²) in [5.41, 5.74) is -0.0694. The number of oxazole rings is 1. The van der Waals surface area contributed by atoms with Gasteiger partial charge in [-0.1, -0.05) is 29.8 Å². The molecule has 4 rings (SSSR count). The zero-order valence-electron chi connectivity index (χ0n) is 24.6. The molecule has 0 fully saturated rings. The summed E-state index contributed by atoms with van der Waals surface area (Å²) in [6.07, 6.45) is 1.84. The van der Waals surface area contributed by atoms with Gasteiger partial charge in [0.2, 0.25) is 5.69 Å². The first-order valence-corrected chi connectivity index (χ1v) is 18.0. The van der Waals surface area contributed by atoms with Gasteiger partial charge in [0, 0.05) is 36.9 Å². The van der Waals surface area contributed by atoms with Gasteiger partial charge < -0.3 is 28.0 Å². The summed E-state index contributed by atoms with van der Waals surface area (Å²) in [6, 6.07) is 19.3. The summed E-state index contributed by atoms with van der Waals surface area (Å²) < 4.78 is 22.9. The van der Waals surface area contributed by atoms with E-state index in [1.54, 1.807) is 25.3 Å². The minimum Gasteiger partial charge on any atom is -0.497 e. The third kappa shape index (κ3) is 10.4. The Morgan fingerprint density at radius 1 is 1.05 bits per heavy atom. The van der Waals surface area contributed by atoms with Crippen molar-refractivity contribution in [3.63, 3.8) is 0 Å². The summed E-state index contributed by atoms with van der Waals surface area (Å²) in [5, 5.41) is 0.518. The quantitative estimate of drug-likeness (QED) is 0.134. The van der Waals surface area contributed by atoms with E-state index in [9.17, 15) is 4.79 Å². The van der Waals surface area contributed by atoms with Crippen LogP contribution in [0.15, 0.2) is 76.1 Å². The van der Waals surface area contributed by atoms with Gasteiger partial charge in [0.05, 0.1) is 31.7 Å². The summed E-state index contributed by atoms with van der Waals surface area (Å²) in [6.45, 7) is 7.45. The molecule has 0 saturated heterocycles. The first-order chi connectivity index (χ1) is 20.2. The van der Waals surface area contributed by atoms with Crippen LogP contribution in [-0.2, 0) is 33.3 Å². The van der Waals surface area contributed by atoms with Crippen LogP contribution in [0.25, 0.3) is 11.1 Å². The van der Waals surface area contributed by atoms with Crippen molar-refractivity contribution in [2.24, 2.45) is 0 Å². The van der Waals surface area contributed by atoms with Crippen molar-refractivity contribution < 1.29 is 18.2 Å². The van der Waals surface area contributed by atoms with E-state index in [4.69, 9.17) is 41.6 Å². The molecular formula is C29H38ClN4O5PS2. The van der Waals surface area contributed by atoms with Crippen LogP contribution in [0.4, 0.5) is 5.82 Å². The van der Waals surface area contributed by atoms with Gasteiger partial charge >= 0.3 is 5.76 Å². The SMILES string of the molecule is CCOP(=S)(OCC)SCn1c(=O)oc2cc(Cl)ccc21.COc1ccc(CN(CCN(C)C)c2ccccn2)cc1. The number of rotatable bonds is 14. The van der Waals surface area contributed by atoms with Crippen LogP contribution in [0.1, 0.15) is 19.4 Å². The molecule has 228 valence electrons. The van der Waals surface area contributed by atoms with Crippen molar-refractivity contribution in [2.75, 3.05) is 52.4 Å². The number of nitrogens with zero attached hydrogens (tertiary/aromatic N) is 4. The fraction of sp³-hybridized carbons (Fsp3) is 0.379. The second-order valence-corrected chi connectivity index (χ2v) is 15.9. The zero-order valence-corrected chi connectivity index (χ0v) is 27.8. The minimum atomic E-state index is -2.45. The van der Waals surface area contributed by atoms with Crippen LogP contribution < -0.4 is 15.4 Å². The lowest BCUT2D eigenvalue weighted by Gasteiger charge is -2.25. The Morgan fingerprint density at radius 3 is 2.36 bits per heavy atom. The molecule has 0 aliphatic carbocycles. The van der Waals surface area contributed by atoms with Gasteiger partial charge in [0.15, 0.2) is 5.58 Å². The molecule has 9 nitrogen and oxygen atoms in total. The minimum absolute atomic E-state index is 0.310. The Hall–Kier alpha value is -2.37. The molecule has 0 radical (unpaired) electrons. The predicted octanol–water partition coefficient (Wildman–Crippen LogP) is 6.89. The summed E-state index contributed by atoms with van der Waals surface area (Å²) >= 11 is 12.6. The number of halogens is 1. The number of likely N-dealkylation sites (N-methyl/N-ethyl adjacent to an activating group) is 1. The number of anilines is 1. The van der Waals surface area contributed by atoms with Gasteiger partial charge in [-0.05, 0) is 93.1 Å². The van der Waals surface area contributed by atoms with E-state index in [1.165, 1.54) is 21.5 Å². The molecule has 0 aliphatic rings. The van der Waals surface area contributed by atoms with Crippen LogP contribution in [0, 0.1) is 0 Å². The summed E-state index contributed by atoms with van der Waals surface area (Å²) in [5.74, 6) is 1.76. The van der Waals surface area contributed by atoms with Crippen LogP contribution in [0.2, 0.25) is 5.02 Å². The van der Waals surface area contributed by atoms with Crippen molar-refractivity contribution in [1.82, 2.24) is 14.5 Å². The Labute approximate surface area is 261 Å². The Balaban J connectivity index is 0.000000230. The fourth-order valence-corrected chi connectivity index (χ4v) is 8.23. The highest BCUT2D eigenvalue weighted by molar-refractivity contribution is 8.67. The smallest absolute Gasteiger partial charge is 0.420 e. The van der Waals surface area contributed by atoms with E-state index in [0.29, 0.717) is 35.2 Å². The van der Waals surface area contributed by atoms with Crippen molar-refractivity contribution in [1.29, 1.82) is 0 Å². The maximum Gasteiger partial charge on any atom is 0.420 e. The van der Waals surface area contributed by atoms with E-state index in [1.807, 2.05) is 44.3 Å². The van der Waals surface area contributed by atoms with E-state index in [0.717, 1.165) is 31.2 Å². The predicted molar refractivity (Wildman–Crippen MR) is 177 cm³/mol. The largest absolute Gasteiger partial charge is 0.497 e. The van der Waals surface area contributed by atoms with Gasteiger partial charge in [-0.25, -0.2) is 9.78 Å². The second kappa shape index (κ2) is 17.1. The topological polar surface area (TPSA) is 82.2 Å². The van der Waals surface area contributed by atoms with Crippen LogP contribution in [0.3, 0.4) is 0 Å². The number of fused-ring (bicyclic) bond motifs is 1. The molecule has 0 saturated carbocycles. The molecule has 0 bridgehead atoms. The maximum atomic E-state index is 11.9. The highest BCUT2D eigenvalue weighted by Gasteiger charge is 2.21. The number of hydrogen-bond donors (Lipinski definition) is 0. The molecule has 0 N–H and O–H groups in total. The van der Waals surface area contributed by atoms with Gasteiger partial charge in [0.1, 0.15) is 11.6 Å². The first-order valence-electron chi connectivity index (χ1n) is 13.4. The van der Waals surface area contributed by atoms with Crippen molar-refractivity contribution in [3.05, 3.63) is 88.0 Å². The number of methoxy groups -OCH3 is 1. The number of hydrogen-bond acceptors (Lipinski definition) is 10. The lowest BCUT2D eigenvalue weighted by atomic mass is 10.2. The van der Waals surface area contributed by atoms with Crippen molar-refractivity contribution in [3.8, 4) is 5.75 Å². The Morgan fingerprint density at radius 2 is 1.76 bits per heavy atom. The van der Waals surface area contributed by atoms with Crippen LogP contribution in [0.5, 0.6) is 5.75 Å². The standard InChI is InChI=1S/C17H23N3O.C12H15ClNO4PS2/c1-19(2)12-13-20(17-6-4-5-11-18-17)14-15-7-9-16(21-3)10-8-15;1-3-16-19(20,17-4-2)21-8-14-10-6-5-9(13)7-11(10)18-12(14)15/h4-11H,12-14H2,1-3H3;5-7H,3-4,8H2,1-2H3. The number of aromatic nitrogens is 2. The molecule has 0 spiro atoms.